The summed E-state index contributed by atoms with van der Waals surface area (Å²) in [4.78, 5) is 32.4. The van der Waals surface area contributed by atoms with Gasteiger partial charge < -0.3 is 9.64 Å². The maximum Gasteiger partial charge on any atom is 0.327 e. The van der Waals surface area contributed by atoms with E-state index in [-0.39, 0.29) is 11.9 Å². The first kappa shape index (κ1) is 21.5. The molecule has 2 aliphatic heterocycles. The third kappa shape index (κ3) is 4.36. The maximum absolute atomic E-state index is 13.5. The largest absolute Gasteiger partial charge is 0.383 e. The highest BCUT2D eigenvalue weighted by Gasteiger charge is 2.57. The van der Waals surface area contributed by atoms with E-state index in [0.29, 0.717) is 39.0 Å². The average molecular weight is 426 g/mol. The van der Waals surface area contributed by atoms with Crippen molar-refractivity contribution in [2.75, 3.05) is 39.9 Å². The number of piperidine rings is 1. The van der Waals surface area contributed by atoms with Crippen molar-refractivity contribution in [3.05, 3.63) is 53.9 Å². The molecule has 2 saturated heterocycles. The molecule has 166 valence electrons. The van der Waals surface area contributed by atoms with E-state index < -0.39 is 5.54 Å². The van der Waals surface area contributed by atoms with Gasteiger partial charge in [-0.05, 0) is 24.8 Å². The highest BCUT2D eigenvalue weighted by atomic mass is 16.5. The summed E-state index contributed by atoms with van der Waals surface area (Å²) in [6.07, 6.45) is 5.85. The molecule has 1 aromatic heterocycles. The number of ether oxygens (including phenoxy) is 1. The van der Waals surface area contributed by atoms with E-state index in [1.807, 2.05) is 49.8 Å². The SMILES string of the molecule is COCCN1C(=O)N(CCc2ccccc2)C(=O)C12CCN(Cc1cnn(C)c1)CC2. The molecule has 1 aromatic carbocycles. The van der Waals surface area contributed by atoms with E-state index in [9.17, 15) is 9.59 Å². The Kier molecular flexibility index (Phi) is 6.38. The highest BCUT2D eigenvalue weighted by Crippen LogP contribution is 2.37. The van der Waals surface area contributed by atoms with E-state index in [1.165, 1.54) is 4.90 Å². The number of hydrogen-bond acceptors (Lipinski definition) is 5. The Morgan fingerprint density at radius 3 is 2.45 bits per heavy atom. The molecule has 0 saturated carbocycles. The number of aryl methyl sites for hydroxylation is 1. The summed E-state index contributed by atoms with van der Waals surface area (Å²) >= 11 is 0. The van der Waals surface area contributed by atoms with Gasteiger partial charge in [-0.25, -0.2) is 4.79 Å². The number of methoxy groups -OCH3 is 1. The van der Waals surface area contributed by atoms with Crippen LogP contribution in [0.3, 0.4) is 0 Å². The molecule has 8 heteroatoms. The number of carbonyl (C=O) groups is 2. The van der Waals surface area contributed by atoms with Gasteiger partial charge in [0.15, 0.2) is 0 Å². The molecule has 3 amide bonds. The Hall–Kier alpha value is -2.71. The van der Waals surface area contributed by atoms with E-state index >= 15 is 0 Å². The van der Waals surface area contributed by atoms with Crippen molar-refractivity contribution in [1.29, 1.82) is 0 Å². The third-order valence-corrected chi connectivity index (χ3v) is 6.46. The van der Waals surface area contributed by atoms with Crippen LogP contribution in [0.1, 0.15) is 24.0 Å². The Morgan fingerprint density at radius 2 is 1.81 bits per heavy atom. The molecule has 1 spiro atoms. The second kappa shape index (κ2) is 9.20. The predicted molar refractivity (Wildman–Crippen MR) is 116 cm³/mol. The Labute approximate surface area is 183 Å². The first-order valence-corrected chi connectivity index (χ1v) is 10.9. The van der Waals surface area contributed by atoms with Crippen molar-refractivity contribution in [3.8, 4) is 0 Å². The van der Waals surface area contributed by atoms with E-state index in [2.05, 4.69) is 10.00 Å². The van der Waals surface area contributed by atoms with Gasteiger partial charge >= 0.3 is 6.03 Å². The Balaban J connectivity index is 1.46. The number of imide groups is 1. The standard InChI is InChI=1S/C23H31N5O3/c1-25-17-20(16-24-25)18-26-12-9-23(10-13-26)21(29)27(22(30)28(23)14-15-31-2)11-8-19-6-4-3-5-7-19/h3-7,16-17H,8-15,18H2,1-2H3. The van der Waals surface area contributed by atoms with Gasteiger partial charge in [-0.3, -0.25) is 19.3 Å². The molecule has 8 nitrogen and oxygen atoms in total. The number of hydrogen-bond donors (Lipinski definition) is 0. The fraction of sp³-hybridized carbons (Fsp3) is 0.522. The van der Waals surface area contributed by atoms with Crippen LogP contribution in [0, 0.1) is 0 Å². The van der Waals surface area contributed by atoms with Crippen molar-refractivity contribution in [3.63, 3.8) is 0 Å². The van der Waals surface area contributed by atoms with Crippen LogP contribution >= 0.6 is 0 Å². The molecule has 2 fully saturated rings. The lowest BCUT2D eigenvalue weighted by atomic mass is 9.85. The number of aromatic nitrogens is 2. The summed E-state index contributed by atoms with van der Waals surface area (Å²) in [6, 6.07) is 9.80. The van der Waals surface area contributed by atoms with Crippen molar-refractivity contribution >= 4 is 11.9 Å². The van der Waals surface area contributed by atoms with Gasteiger partial charge in [0.2, 0.25) is 0 Å². The number of urea groups is 1. The maximum atomic E-state index is 13.5. The third-order valence-electron chi connectivity index (χ3n) is 6.46. The quantitative estimate of drug-likeness (QED) is 0.605. The van der Waals surface area contributed by atoms with Crippen molar-refractivity contribution < 1.29 is 14.3 Å². The van der Waals surface area contributed by atoms with Gasteiger partial charge in [-0.15, -0.1) is 0 Å². The molecule has 31 heavy (non-hydrogen) atoms. The van der Waals surface area contributed by atoms with Crippen LogP contribution in [-0.4, -0.2) is 81.9 Å². The Bertz CT molecular complexity index is 905. The van der Waals surface area contributed by atoms with Crippen LogP contribution in [0.2, 0.25) is 0 Å². The van der Waals surface area contributed by atoms with Crippen molar-refractivity contribution in [2.45, 2.75) is 31.3 Å². The van der Waals surface area contributed by atoms with Crippen LogP contribution in [0.5, 0.6) is 0 Å². The summed E-state index contributed by atoms with van der Waals surface area (Å²) < 4.78 is 7.05. The first-order chi connectivity index (χ1) is 15.0. The molecule has 4 rings (SSSR count). The van der Waals surface area contributed by atoms with E-state index in [0.717, 1.165) is 30.8 Å². The molecule has 3 heterocycles. The fourth-order valence-corrected chi connectivity index (χ4v) is 4.73. The zero-order valence-corrected chi connectivity index (χ0v) is 18.4. The first-order valence-electron chi connectivity index (χ1n) is 10.9. The number of benzene rings is 1. The number of rotatable bonds is 8. The van der Waals surface area contributed by atoms with Gasteiger partial charge in [0.25, 0.3) is 5.91 Å². The summed E-state index contributed by atoms with van der Waals surface area (Å²) in [5, 5.41) is 4.24. The normalized spacial score (nSPS) is 19.0. The summed E-state index contributed by atoms with van der Waals surface area (Å²) in [6.45, 7) is 3.61. The Morgan fingerprint density at radius 1 is 1.06 bits per heavy atom. The van der Waals surface area contributed by atoms with Gasteiger partial charge in [0, 0.05) is 58.6 Å². The van der Waals surface area contributed by atoms with Gasteiger partial charge in [0.1, 0.15) is 5.54 Å². The fourth-order valence-electron chi connectivity index (χ4n) is 4.73. The minimum Gasteiger partial charge on any atom is -0.383 e. The van der Waals surface area contributed by atoms with Crippen LogP contribution in [0.25, 0.3) is 0 Å². The molecule has 0 N–H and O–H groups in total. The highest BCUT2D eigenvalue weighted by molar-refractivity contribution is 6.07. The van der Waals surface area contributed by atoms with Crippen LogP contribution < -0.4 is 0 Å². The van der Waals surface area contributed by atoms with Crippen molar-refractivity contribution in [1.82, 2.24) is 24.5 Å². The average Bonchev–Trinajstić information content (AvgIpc) is 3.27. The summed E-state index contributed by atoms with van der Waals surface area (Å²) in [5.74, 6) is -0.0504. The second-order valence-corrected chi connectivity index (χ2v) is 8.45. The van der Waals surface area contributed by atoms with Crippen LogP contribution in [-0.2, 0) is 29.5 Å². The molecular weight excluding hydrogens is 394 g/mol. The van der Waals surface area contributed by atoms with Gasteiger partial charge in [-0.1, -0.05) is 30.3 Å². The molecule has 2 aliphatic rings. The number of nitrogens with zero attached hydrogens (tertiary/aromatic N) is 5. The molecule has 0 bridgehead atoms. The molecule has 0 atom stereocenters. The molecule has 0 radical (unpaired) electrons. The smallest absolute Gasteiger partial charge is 0.327 e. The molecule has 0 aliphatic carbocycles. The molecule has 2 aromatic rings. The van der Waals surface area contributed by atoms with Crippen LogP contribution in [0.4, 0.5) is 4.79 Å². The zero-order valence-electron chi connectivity index (χ0n) is 18.4. The molecule has 0 unspecified atom stereocenters. The van der Waals surface area contributed by atoms with Crippen molar-refractivity contribution in [2.24, 2.45) is 7.05 Å². The summed E-state index contributed by atoms with van der Waals surface area (Å²) in [5.41, 5.74) is 1.53. The number of amides is 3. The van der Waals surface area contributed by atoms with Gasteiger partial charge in [0.05, 0.1) is 12.8 Å². The summed E-state index contributed by atoms with van der Waals surface area (Å²) in [7, 11) is 3.54. The van der Waals surface area contributed by atoms with Gasteiger partial charge in [-0.2, -0.15) is 5.10 Å². The monoisotopic (exact) mass is 425 g/mol. The number of likely N-dealkylation sites (tertiary alicyclic amines) is 1. The predicted octanol–water partition coefficient (Wildman–Crippen LogP) is 1.91. The second-order valence-electron chi connectivity index (χ2n) is 8.45. The zero-order chi connectivity index (χ0) is 21.8. The number of carbonyl (C=O) groups excluding carboxylic acids is 2. The lowest BCUT2D eigenvalue weighted by molar-refractivity contribution is -0.135. The van der Waals surface area contributed by atoms with E-state index in [4.69, 9.17) is 4.74 Å². The van der Waals surface area contributed by atoms with E-state index in [1.54, 1.807) is 16.7 Å². The lowest BCUT2D eigenvalue weighted by Crippen LogP contribution is -2.57. The topological polar surface area (TPSA) is 70.9 Å². The molecular formula is C23H31N5O3. The minimum absolute atomic E-state index is 0.0504. The minimum atomic E-state index is -0.752. The van der Waals surface area contributed by atoms with Crippen LogP contribution in [0.15, 0.2) is 42.7 Å². The lowest BCUT2D eigenvalue weighted by Gasteiger charge is -2.42.